The van der Waals surface area contributed by atoms with Gasteiger partial charge in [-0.1, -0.05) is 77.1 Å². The smallest absolute Gasteiger partial charge is 0.239 e. The summed E-state index contributed by atoms with van der Waals surface area (Å²) in [4.78, 5) is 29.6. The third-order valence-electron chi connectivity index (χ3n) is 8.34. The van der Waals surface area contributed by atoms with Crippen LogP contribution in [0.4, 0.5) is 11.4 Å². The maximum absolute atomic E-state index is 13.9. The van der Waals surface area contributed by atoms with Crippen molar-refractivity contribution in [3.05, 3.63) is 94.7 Å². The van der Waals surface area contributed by atoms with Crippen LogP contribution >= 0.6 is 0 Å². The molecule has 0 saturated carbocycles. The van der Waals surface area contributed by atoms with Crippen LogP contribution in [0.15, 0.2) is 78.0 Å². The number of ether oxygens (including phenoxy) is 2. The third kappa shape index (κ3) is 5.48. The summed E-state index contributed by atoms with van der Waals surface area (Å²) in [7, 11) is 0. The van der Waals surface area contributed by atoms with Crippen molar-refractivity contribution in [1.82, 2.24) is 5.32 Å². The third-order valence-corrected chi connectivity index (χ3v) is 8.34. The first kappa shape index (κ1) is 27.9. The molecule has 1 amide bonds. The Morgan fingerprint density at radius 2 is 1.74 bits per heavy atom. The van der Waals surface area contributed by atoms with Gasteiger partial charge in [-0.15, -0.1) is 0 Å². The topological polar surface area (TPSA) is 79.9 Å². The molecule has 1 unspecified atom stereocenters. The molecule has 0 radical (unpaired) electrons. The lowest BCUT2D eigenvalue weighted by Gasteiger charge is -2.38. The predicted octanol–water partition coefficient (Wildman–Crippen LogP) is 6.65. The van der Waals surface area contributed by atoms with E-state index in [0.29, 0.717) is 24.5 Å². The zero-order valence-corrected chi connectivity index (χ0v) is 25.0. The number of nitrogens with zero attached hydrogens (tertiary/aromatic N) is 1. The molecule has 0 spiro atoms. The van der Waals surface area contributed by atoms with E-state index < -0.39 is 6.04 Å². The lowest BCUT2D eigenvalue weighted by molar-refractivity contribution is -0.120. The zero-order chi connectivity index (χ0) is 29.6. The van der Waals surface area contributed by atoms with Crippen molar-refractivity contribution in [2.24, 2.45) is 5.41 Å². The largest absolute Gasteiger partial charge is 0.454 e. The number of carbonyl (C=O) groups is 2. The number of carbonyl (C=O) groups excluding carboxylic acids is 2. The van der Waals surface area contributed by atoms with Gasteiger partial charge in [0.15, 0.2) is 17.3 Å². The van der Waals surface area contributed by atoms with Gasteiger partial charge in [-0.05, 0) is 58.2 Å². The number of hydrogen-bond acceptors (Lipinski definition) is 6. The quantitative estimate of drug-likeness (QED) is 0.361. The average Bonchev–Trinajstić information content (AvgIpc) is 3.35. The first-order valence-electron chi connectivity index (χ1n) is 14.6. The Hall–Kier alpha value is -4.26. The minimum Gasteiger partial charge on any atom is -0.454 e. The fourth-order valence-corrected chi connectivity index (χ4v) is 6.20. The van der Waals surface area contributed by atoms with Crippen LogP contribution in [-0.4, -0.2) is 25.0 Å². The Morgan fingerprint density at radius 3 is 2.50 bits per heavy atom. The molecule has 0 aromatic heterocycles. The minimum absolute atomic E-state index is 0.000452. The van der Waals surface area contributed by atoms with Crippen molar-refractivity contribution in [2.75, 3.05) is 23.6 Å². The van der Waals surface area contributed by atoms with Crippen molar-refractivity contribution in [3.8, 4) is 11.5 Å². The van der Waals surface area contributed by atoms with Crippen molar-refractivity contribution in [1.29, 1.82) is 0 Å². The second-order valence-electron chi connectivity index (χ2n) is 13.3. The summed E-state index contributed by atoms with van der Waals surface area (Å²) in [5.41, 5.74) is 6.45. The first-order chi connectivity index (χ1) is 20.0. The monoisotopic (exact) mass is 565 g/mol. The molecule has 0 saturated heterocycles. The van der Waals surface area contributed by atoms with Gasteiger partial charge < -0.3 is 25.0 Å². The molecular formula is C35H39N3O4. The number of amides is 1. The number of benzene rings is 3. The second kappa shape index (κ2) is 10.5. The van der Waals surface area contributed by atoms with E-state index in [1.807, 2.05) is 42.5 Å². The van der Waals surface area contributed by atoms with Gasteiger partial charge in [0, 0.05) is 24.2 Å². The highest BCUT2D eigenvalue weighted by atomic mass is 16.7. The molecule has 3 aliphatic rings. The van der Waals surface area contributed by atoms with Gasteiger partial charge in [0.1, 0.15) is 0 Å². The summed E-state index contributed by atoms with van der Waals surface area (Å²) >= 11 is 0. The molecule has 1 atom stereocenters. The maximum atomic E-state index is 13.9. The normalized spacial score (nSPS) is 19.0. The molecule has 3 aromatic carbocycles. The van der Waals surface area contributed by atoms with Crippen molar-refractivity contribution >= 4 is 23.1 Å². The van der Waals surface area contributed by atoms with Crippen LogP contribution in [0.3, 0.4) is 0 Å². The number of para-hydroxylation sites is 2. The van der Waals surface area contributed by atoms with Crippen molar-refractivity contribution < 1.29 is 19.1 Å². The number of rotatable bonds is 5. The molecule has 7 heteroatoms. The predicted molar refractivity (Wildman–Crippen MR) is 165 cm³/mol. The van der Waals surface area contributed by atoms with Gasteiger partial charge in [0.05, 0.1) is 24.0 Å². The van der Waals surface area contributed by atoms with Gasteiger partial charge in [0.25, 0.3) is 0 Å². The number of ketones is 1. The molecule has 2 N–H and O–H groups in total. The van der Waals surface area contributed by atoms with E-state index in [9.17, 15) is 9.59 Å². The van der Waals surface area contributed by atoms with Gasteiger partial charge in [0.2, 0.25) is 12.7 Å². The summed E-state index contributed by atoms with van der Waals surface area (Å²) < 4.78 is 10.9. The molecule has 3 aromatic rings. The average molecular weight is 566 g/mol. The van der Waals surface area contributed by atoms with Gasteiger partial charge >= 0.3 is 0 Å². The molecule has 218 valence electrons. The molecule has 1 aliphatic carbocycles. The van der Waals surface area contributed by atoms with Crippen LogP contribution in [0.25, 0.3) is 0 Å². The lowest BCUT2D eigenvalue weighted by Crippen LogP contribution is -2.42. The minimum atomic E-state index is -0.412. The van der Waals surface area contributed by atoms with E-state index in [2.05, 4.69) is 74.4 Å². The van der Waals surface area contributed by atoms with Crippen LogP contribution in [0.5, 0.6) is 11.5 Å². The Labute approximate surface area is 247 Å². The number of allylic oxidation sites excluding steroid dienone is 1. The van der Waals surface area contributed by atoms with Gasteiger partial charge in [-0.3, -0.25) is 9.59 Å². The van der Waals surface area contributed by atoms with E-state index in [-0.39, 0.29) is 35.9 Å². The molecular weight excluding hydrogens is 526 g/mol. The SMILES string of the molecule is CC1(C)CC(=O)C2=C(C1)Nc1ccccc1N(CC(=O)NCc1ccc3c(c1)OCO3)C2c1ccc(C(C)(C)C)cc1. The highest BCUT2D eigenvalue weighted by Crippen LogP contribution is 2.48. The van der Waals surface area contributed by atoms with E-state index in [1.165, 1.54) is 5.56 Å². The van der Waals surface area contributed by atoms with E-state index in [1.54, 1.807) is 0 Å². The second-order valence-corrected chi connectivity index (χ2v) is 13.3. The first-order valence-corrected chi connectivity index (χ1v) is 14.6. The number of Topliss-reactive ketones (excluding diaryl/α,β-unsaturated/α-hetero) is 1. The van der Waals surface area contributed by atoms with E-state index >= 15 is 0 Å². The summed E-state index contributed by atoms with van der Waals surface area (Å²) in [6.07, 6.45) is 1.22. The fraction of sp³-hybridized carbons (Fsp3) is 0.371. The maximum Gasteiger partial charge on any atom is 0.239 e. The Kier molecular flexibility index (Phi) is 7.00. The van der Waals surface area contributed by atoms with Crippen LogP contribution in [0.1, 0.15) is 70.2 Å². The zero-order valence-electron chi connectivity index (χ0n) is 25.0. The number of fused-ring (bicyclic) bond motifs is 2. The summed E-state index contributed by atoms with van der Waals surface area (Å²) in [5, 5.41) is 6.72. The van der Waals surface area contributed by atoms with E-state index in [0.717, 1.165) is 40.2 Å². The Bertz CT molecular complexity index is 1570. The molecule has 7 nitrogen and oxygen atoms in total. The molecule has 42 heavy (non-hydrogen) atoms. The summed E-state index contributed by atoms with van der Waals surface area (Å²) in [6, 6.07) is 21.8. The summed E-state index contributed by atoms with van der Waals surface area (Å²) in [6.45, 7) is 11.5. The molecule has 0 bridgehead atoms. The number of anilines is 2. The molecule has 2 heterocycles. The molecule has 6 rings (SSSR count). The highest BCUT2D eigenvalue weighted by Gasteiger charge is 2.42. The highest BCUT2D eigenvalue weighted by molar-refractivity contribution is 6.01. The fourth-order valence-electron chi connectivity index (χ4n) is 6.20. The Morgan fingerprint density at radius 1 is 1.00 bits per heavy atom. The van der Waals surface area contributed by atoms with E-state index in [4.69, 9.17) is 9.47 Å². The van der Waals surface area contributed by atoms with Gasteiger partial charge in [-0.2, -0.15) is 0 Å². The lowest BCUT2D eigenvalue weighted by atomic mass is 9.73. The Balaban J connectivity index is 1.38. The number of nitrogens with one attached hydrogen (secondary N) is 2. The molecule has 0 fully saturated rings. The van der Waals surface area contributed by atoms with Crippen LogP contribution < -0.4 is 25.0 Å². The standard InChI is InChI=1S/C35H39N3O4/c1-34(2,3)24-13-11-23(12-14-24)33-32-26(17-35(4,5)18-28(32)39)37-25-8-6-7-9-27(25)38(33)20-31(40)36-19-22-10-15-29-30(16-22)42-21-41-29/h6-16,33,37H,17-21H2,1-5H3,(H,36,40). The molecule has 2 aliphatic heterocycles. The number of hydrogen-bond donors (Lipinski definition) is 2. The van der Waals surface area contributed by atoms with Crippen molar-refractivity contribution in [2.45, 2.75) is 65.5 Å². The van der Waals surface area contributed by atoms with Crippen LogP contribution in [0, 0.1) is 5.41 Å². The van der Waals surface area contributed by atoms with Crippen LogP contribution in [0.2, 0.25) is 0 Å². The summed E-state index contributed by atoms with van der Waals surface area (Å²) in [5.74, 6) is 1.39. The van der Waals surface area contributed by atoms with Crippen molar-refractivity contribution in [3.63, 3.8) is 0 Å². The van der Waals surface area contributed by atoms with Crippen LogP contribution in [-0.2, 0) is 21.5 Å². The van der Waals surface area contributed by atoms with Gasteiger partial charge in [-0.25, -0.2) is 0 Å².